The van der Waals surface area contributed by atoms with Crippen molar-refractivity contribution in [2.75, 3.05) is 4.90 Å². The smallest absolute Gasteiger partial charge is 0.321 e. The molecule has 2 aromatic carbocycles. The van der Waals surface area contributed by atoms with Gasteiger partial charge in [-0.2, -0.15) is 13.2 Å². The maximum absolute atomic E-state index is 14.3. The van der Waals surface area contributed by atoms with Crippen molar-refractivity contribution in [1.82, 2.24) is 14.8 Å². The molecule has 0 atom stereocenters. The molecule has 4 rings (SSSR count). The Bertz CT molecular complexity index is 1090. The van der Waals surface area contributed by atoms with Gasteiger partial charge in [-0.15, -0.1) is 10.2 Å². The van der Waals surface area contributed by atoms with Crippen molar-refractivity contribution in [3.8, 4) is 0 Å². The lowest BCUT2D eigenvalue weighted by atomic mass is 10.0. The number of alkyl halides is 3. The SMILES string of the molecule is Cn1cnnc1CCc1cc(N2Cc3c(cccc3C(F)(F)F)C2=O)ccc1F. The van der Waals surface area contributed by atoms with Crippen molar-refractivity contribution in [1.29, 1.82) is 0 Å². The molecular weight excluding hydrogens is 388 g/mol. The number of aryl methyl sites for hydroxylation is 3. The molecule has 3 aromatic rings. The van der Waals surface area contributed by atoms with E-state index in [1.165, 1.54) is 35.2 Å². The first-order chi connectivity index (χ1) is 13.8. The van der Waals surface area contributed by atoms with Crippen LogP contribution in [0.3, 0.4) is 0 Å². The lowest BCUT2D eigenvalue weighted by Gasteiger charge is -2.18. The second-order valence-electron chi connectivity index (χ2n) is 6.85. The van der Waals surface area contributed by atoms with Crippen LogP contribution in [0.4, 0.5) is 23.2 Å². The average molecular weight is 404 g/mol. The van der Waals surface area contributed by atoms with Gasteiger partial charge in [0.25, 0.3) is 5.91 Å². The predicted octanol–water partition coefficient (Wildman–Crippen LogP) is 3.92. The Morgan fingerprint density at radius 3 is 2.62 bits per heavy atom. The van der Waals surface area contributed by atoms with E-state index >= 15 is 0 Å². The lowest BCUT2D eigenvalue weighted by Crippen LogP contribution is -2.23. The molecule has 0 radical (unpaired) electrons. The summed E-state index contributed by atoms with van der Waals surface area (Å²) >= 11 is 0. The third-order valence-corrected chi connectivity index (χ3v) is 5.04. The van der Waals surface area contributed by atoms with Crippen LogP contribution in [-0.4, -0.2) is 20.7 Å². The predicted molar refractivity (Wildman–Crippen MR) is 96.8 cm³/mol. The van der Waals surface area contributed by atoms with Crippen LogP contribution >= 0.6 is 0 Å². The molecule has 0 saturated carbocycles. The van der Waals surface area contributed by atoms with Crippen molar-refractivity contribution in [3.05, 3.63) is 76.6 Å². The number of carbonyl (C=O) groups excluding carboxylic acids is 1. The van der Waals surface area contributed by atoms with Gasteiger partial charge in [0.2, 0.25) is 0 Å². The zero-order valence-corrected chi connectivity index (χ0v) is 15.4. The van der Waals surface area contributed by atoms with Gasteiger partial charge in [-0.3, -0.25) is 4.79 Å². The van der Waals surface area contributed by atoms with Crippen molar-refractivity contribution >= 4 is 11.6 Å². The number of hydrogen-bond acceptors (Lipinski definition) is 3. The number of aromatic nitrogens is 3. The summed E-state index contributed by atoms with van der Waals surface area (Å²) in [7, 11) is 1.78. The molecular formula is C20H16F4N4O. The highest BCUT2D eigenvalue weighted by molar-refractivity contribution is 6.10. The molecule has 1 aliphatic heterocycles. The minimum atomic E-state index is -4.55. The molecule has 9 heteroatoms. The van der Waals surface area contributed by atoms with Gasteiger partial charge in [0.15, 0.2) is 0 Å². The zero-order chi connectivity index (χ0) is 20.8. The van der Waals surface area contributed by atoms with E-state index < -0.39 is 23.5 Å². The minimum absolute atomic E-state index is 0.0183. The fraction of sp³-hybridized carbons (Fsp3) is 0.250. The van der Waals surface area contributed by atoms with Gasteiger partial charge in [-0.05, 0) is 47.9 Å². The highest BCUT2D eigenvalue weighted by Gasteiger charge is 2.39. The molecule has 1 aromatic heterocycles. The van der Waals surface area contributed by atoms with Gasteiger partial charge in [0, 0.05) is 24.7 Å². The maximum Gasteiger partial charge on any atom is 0.416 e. The summed E-state index contributed by atoms with van der Waals surface area (Å²) in [5, 5.41) is 7.72. The Kier molecular flexibility index (Phi) is 4.60. The fourth-order valence-corrected chi connectivity index (χ4v) is 3.51. The van der Waals surface area contributed by atoms with Crippen molar-refractivity contribution in [2.24, 2.45) is 7.05 Å². The Morgan fingerprint density at radius 2 is 1.93 bits per heavy atom. The third-order valence-electron chi connectivity index (χ3n) is 5.04. The van der Waals surface area contributed by atoms with E-state index in [0.29, 0.717) is 29.9 Å². The number of fused-ring (bicyclic) bond motifs is 1. The average Bonchev–Trinajstić information content (AvgIpc) is 3.23. The van der Waals surface area contributed by atoms with E-state index in [0.717, 1.165) is 6.07 Å². The first-order valence-electron chi connectivity index (χ1n) is 8.88. The van der Waals surface area contributed by atoms with Crippen LogP contribution in [-0.2, 0) is 32.6 Å². The normalized spacial score (nSPS) is 13.8. The first-order valence-corrected chi connectivity index (χ1v) is 8.88. The summed E-state index contributed by atoms with van der Waals surface area (Å²) in [5.74, 6) is -0.303. The van der Waals surface area contributed by atoms with Crippen LogP contribution in [0.1, 0.15) is 32.9 Å². The van der Waals surface area contributed by atoms with Crippen LogP contribution in [0.2, 0.25) is 0 Å². The van der Waals surface area contributed by atoms with E-state index in [4.69, 9.17) is 0 Å². The second-order valence-corrected chi connectivity index (χ2v) is 6.85. The Morgan fingerprint density at radius 1 is 1.14 bits per heavy atom. The largest absolute Gasteiger partial charge is 0.416 e. The van der Waals surface area contributed by atoms with E-state index in [1.54, 1.807) is 17.9 Å². The summed E-state index contributed by atoms with van der Waals surface area (Å²) in [6.45, 7) is -0.210. The molecule has 1 aliphatic rings. The summed E-state index contributed by atoms with van der Waals surface area (Å²) in [6.07, 6.45) is -2.26. The molecule has 2 heterocycles. The molecule has 1 amide bonds. The molecule has 0 saturated heterocycles. The number of hydrogen-bond donors (Lipinski definition) is 0. The van der Waals surface area contributed by atoms with Crippen LogP contribution < -0.4 is 4.90 Å². The number of halogens is 4. The van der Waals surface area contributed by atoms with Crippen LogP contribution in [0.15, 0.2) is 42.7 Å². The Labute approximate surface area is 163 Å². The second kappa shape index (κ2) is 6.98. The first kappa shape index (κ1) is 19.1. The molecule has 5 nitrogen and oxygen atoms in total. The van der Waals surface area contributed by atoms with E-state index in [1.807, 2.05) is 0 Å². The van der Waals surface area contributed by atoms with E-state index in [9.17, 15) is 22.4 Å². The monoisotopic (exact) mass is 404 g/mol. The molecule has 0 spiro atoms. The molecule has 29 heavy (non-hydrogen) atoms. The van der Waals surface area contributed by atoms with Gasteiger partial charge < -0.3 is 9.47 Å². The molecule has 0 bridgehead atoms. The Balaban J connectivity index is 1.62. The van der Waals surface area contributed by atoms with E-state index in [2.05, 4.69) is 10.2 Å². The number of rotatable bonds is 4. The molecule has 0 N–H and O–H groups in total. The van der Waals surface area contributed by atoms with Crippen molar-refractivity contribution in [2.45, 2.75) is 25.6 Å². The number of benzene rings is 2. The third kappa shape index (κ3) is 3.48. The molecule has 0 unspecified atom stereocenters. The van der Waals surface area contributed by atoms with E-state index in [-0.39, 0.29) is 17.7 Å². The topological polar surface area (TPSA) is 51.0 Å². The highest BCUT2D eigenvalue weighted by Crippen LogP contribution is 2.38. The number of anilines is 1. The lowest BCUT2D eigenvalue weighted by molar-refractivity contribution is -0.138. The Hall–Kier alpha value is -3.23. The van der Waals surface area contributed by atoms with Gasteiger partial charge >= 0.3 is 6.18 Å². The van der Waals surface area contributed by atoms with Crippen LogP contribution in [0.25, 0.3) is 0 Å². The van der Waals surface area contributed by atoms with Gasteiger partial charge in [0.05, 0.1) is 12.1 Å². The number of carbonyl (C=O) groups is 1. The highest BCUT2D eigenvalue weighted by atomic mass is 19.4. The summed E-state index contributed by atoms with van der Waals surface area (Å²) in [4.78, 5) is 13.9. The number of amides is 1. The van der Waals surface area contributed by atoms with Crippen molar-refractivity contribution < 1.29 is 22.4 Å². The molecule has 0 fully saturated rings. The van der Waals surface area contributed by atoms with Crippen molar-refractivity contribution in [3.63, 3.8) is 0 Å². The standard InChI is InChI=1S/C20H16F4N4O/c1-27-11-25-26-18(27)8-5-12-9-13(6-7-17(12)21)28-10-15-14(19(28)29)3-2-4-16(15)20(22,23)24/h2-4,6-7,9,11H,5,8,10H2,1H3. The fourth-order valence-electron chi connectivity index (χ4n) is 3.51. The maximum atomic E-state index is 14.3. The molecule has 0 aliphatic carbocycles. The van der Waals surface area contributed by atoms with Crippen LogP contribution in [0.5, 0.6) is 0 Å². The summed E-state index contributed by atoms with van der Waals surface area (Å²) in [6, 6.07) is 7.70. The number of nitrogens with zero attached hydrogens (tertiary/aromatic N) is 4. The summed E-state index contributed by atoms with van der Waals surface area (Å²) < 4.78 is 55.9. The molecule has 150 valence electrons. The van der Waals surface area contributed by atoms with Crippen LogP contribution in [0, 0.1) is 5.82 Å². The minimum Gasteiger partial charge on any atom is -0.321 e. The van der Waals surface area contributed by atoms with Gasteiger partial charge in [0.1, 0.15) is 18.0 Å². The summed E-state index contributed by atoms with van der Waals surface area (Å²) in [5.41, 5.74) is -0.158. The van der Waals surface area contributed by atoms with Gasteiger partial charge in [-0.1, -0.05) is 6.07 Å². The zero-order valence-electron chi connectivity index (χ0n) is 15.4. The quantitative estimate of drug-likeness (QED) is 0.620. The van der Waals surface area contributed by atoms with Gasteiger partial charge in [-0.25, -0.2) is 4.39 Å².